The normalized spacial score (nSPS) is 15.1. The number of hydrogen-bond donors (Lipinski definition) is 3. The zero-order valence-corrected chi connectivity index (χ0v) is 17.3. The fourth-order valence-electron chi connectivity index (χ4n) is 3.41. The molecule has 1 aliphatic rings. The summed E-state index contributed by atoms with van der Waals surface area (Å²) in [5, 5.41) is 7.30. The average molecular weight is 429 g/mol. The first-order chi connectivity index (χ1) is 15.6. The van der Waals surface area contributed by atoms with Gasteiger partial charge in [0.05, 0.1) is 6.42 Å². The van der Waals surface area contributed by atoms with Gasteiger partial charge in [-0.05, 0) is 47.4 Å². The molecule has 0 bridgehead atoms. The van der Waals surface area contributed by atoms with Gasteiger partial charge in [0.1, 0.15) is 17.5 Å². The van der Waals surface area contributed by atoms with Crippen molar-refractivity contribution >= 4 is 17.8 Å². The van der Waals surface area contributed by atoms with Gasteiger partial charge in [0.25, 0.3) is 5.91 Å². The molecule has 0 radical (unpaired) electrons. The number of hydrogen-bond acceptors (Lipinski definition) is 4. The van der Waals surface area contributed by atoms with Crippen molar-refractivity contribution in [3.8, 4) is 22.6 Å². The van der Waals surface area contributed by atoms with Gasteiger partial charge >= 0.3 is 6.03 Å². The van der Waals surface area contributed by atoms with Crippen LogP contribution in [-0.2, 0) is 16.0 Å². The Hall–Kier alpha value is -4.13. The summed E-state index contributed by atoms with van der Waals surface area (Å²) >= 11 is 0. The number of carbonyl (C=O) groups excluding carboxylic acids is 3. The lowest BCUT2D eigenvalue weighted by Crippen LogP contribution is -2.36. The van der Waals surface area contributed by atoms with Crippen molar-refractivity contribution in [2.24, 2.45) is 0 Å². The highest BCUT2D eigenvalue weighted by molar-refractivity contribution is 6.05. The van der Waals surface area contributed by atoms with Crippen LogP contribution in [0.1, 0.15) is 12.0 Å². The number of carbonyl (C=O) groups is 3. The summed E-state index contributed by atoms with van der Waals surface area (Å²) in [7, 11) is 0. The van der Waals surface area contributed by atoms with Crippen LogP contribution < -0.4 is 20.7 Å². The summed E-state index contributed by atoms with van der Waals surface area (Å²) in [6, 6.07) is 24.4. The molecular formula is C25H23N3O4. The first-order valence-electron chi connectivity index (χ1n) is 10.4. The molecule has 7 nitrogen and oxygen atoms in total. The van der Waals surface area contributed by atoms with Crippen molar-refractivity contribution in [3.63, 3.8) is 0 Å². The minimum absolute atomic E-state index is 0.0690. The number of ether oxygens (including phenoxy) is 1. The lowest BCUT2D eigenvalue weighted by molar-refractivity contribution is -0.126. The van der Waals surface area contributed by atoms with E-state index < -0.39 is 18.0 Å². The van der Waals surface area contributed by atoms with E-state index in [1.54, 1.807) is 0 Å². The van der Waals surface area contributed by atoms with Gasteiger partial charge in [0, 0.05) is 6.54 Å². The molecule has 162 valence electrons. The zero-order valence-electron chi connectivity index (χ0n) is 17.3. The molecule has 1 heterocycles. The van der Waals surface area contributed by atoms with E-state index in [0.29, 0.717) is 13.0 Å². The van der Waals surface area contributed by atoms with Crippen LogP contribution in [0, 0.1) is 0 Å². The highest BCUT2D eigenvalue weighted by Gasteiger charge is 2.31. The number of para-hydroxylation sites is 1. The van der Waals surface area contributed by atoms with Crippen molar-refractivity contribution < 1.29 is 19.1 Å². The molecule has 0 spiro atoms. The molecule has 1 unspecified atom stereocenters. The highest BCUT2D eigenvalue weighted by Crippen LogP contribution is 2.26. The van der Waals surface area contributed by atoms with Crippen molar-refractivity contribution in [3.05, 3.63) is 84.4 Å². The quantitative estimate of drug-likeness (QED) is 0.478. The van der Waals surface area contributed by atoms with Gasteiger partial charge in [-0.15, -0.1) is 0 Å². The molecule has 0 aromatic heterocycles. The Labute approximate surface area is 185 Å². The molecule has 3 aromatic rings. The molecule has 0 saturated carbocycles. The van der Waals surface area contributed by atoms with Crippen molar-refractivity contribution in [2.45, 2.75) is 18.9 Å². The third-order valence-electron chi connectivity index (χ3n) is 5.10. The summed E-state index contributed by atoms with van der Waals surface area (Å²) in [6.07, 6.45) is 0.597. The van der Waals surface area contributed by atoms with Gasteiger partial charge in [0.15, 0.2) is 0 Å². The number of nitrogens with one attached hydrogen (secondary N) is 3. The summed E-state index contributed by atoms with van der Waals surface area (Å²) < 4.78 is 5.83. The Morgan fingerprint density at radius 2 is 1.47 bits per heavy atom. The summed E-state index contributed by atoms with van der Waals surface area (Å²) in [5.41, 5.74) is 3.26. The van der Waals surface area contributed by atoms with Crippen LogP contribution in [0.2, 0.25) is 0 Å². The first kappa shape index (κ1) is 21.1. The first-order valence-corrected chi connectivity index (χ1v) is 10.4. The van der Waals surface area contributed by atoms with Gasteiger partial charge in [-0.1, -0.05) is 54.6 Å². The number of benzene rings is 3. The Morgan fingerprint density at radius 3 is 2.09 bits per heavy atom. The molecular weight excluding hydrogens is 406 g/mol. The van der Waals surface area contributed by atoms with E-state index in [0.717, 1.165) is 28.2 Å². The fourth-order valence-corrected chi connectivity index (χ4v) is 3.41. The van der Waals surface area contributed by atoms with Crippen LogP contribution in [0.5, 0.6) is 11.5 Å². The molecule has 0 aliphatic carbocycles. The highest BCUT2D eigenvalue weighted by atomic mass is 16.5. The van der Waals surface area contributed by atoms with Crippen LogP contribution in [0.15, 0.2) is 78.9 Å². The number of urea groups is 1. The van der Waals surface area contributed by atoms with E-state index in [2.05, 4.69) is 16.0 Å². The van der Waals surface area contributed by atoms with E-state index in [9.17, 15) is 14.4 Å². The molecule has 1 fully saturated rings. The Bertz CT molecular complexity index is 1100. The van der Waals surface area contributed by atoms with Crippen molar-refractivity contribution in [1.29, 1.82) is 0 Å². The standard InChI is InChI=1S/C25H23N3O4/c29-23(16-22-24(30)28-25(31)27-22)26-15-14-17-6-8-18(9-7-17)19-10-12-21(13-11-19)32-20-4-2-1-3-5-20/h1-13,22H,14-16H2,(H,26,29)(H2,27,28,30,31). The molecule has 1 atom stereocenters. The summed E-state index contributed by atoms with van der Waals surface area (Å²) in [4.78, 5) is 34.5. The van der Waals surface area contributed by atoms with Gasteiger partial charge in [-0.25, -0.2) is 4.79 Å². The minimum atomic E-state index is -0.800. The Balaban J connectivity index is 1.25. The average Bonchev–Trinajstić information content (AvgIpc) is 3.12. The fraction of sp³-hybridized carbons (Fsp3) is 0.160. The second kappa shape index (κ2) is 9.78. The number of rotatable bonds is 8. The molecule has 3 N–H and O–H groups in total. The number of imide groups is 1. The smallest absolute Gasteiger partial charge is 0.322 e. The summed E-state index contributed by atoms with van der Waals surface area (Å²) in [6.45, 7) is 0.450. The third-order valence-corrected chi connectivity index (χ3v) is 5.10. The van der Waals surface area contributed by atoms with Crippen LogP contribution >= 0.6 is 0 Å². The predicted molar refractivity (Wildman–Crippen MR) is 120 cm³/mol. The molecule has 1 aliphatic heterocycles. The lowest BCUT2D eigenvalue weighted by Gasteiger charge is -2.09. The molecule has 3 aromatic carbocycles. The number of amides is 4. The van der Waals surface area contributed by atoms with Gasteiger partial charge < -0.3 is 15.4 Å². The van der Waals surface area contributed by atoms with E-state index in [1.165, 1.54) is 0 Å². The van der Waals surface area contributed by atoms with Crippen molar-refractivity contribution in [2.75, 3.05) is 6.54 Å². The van der Waals surface area contributed by atoms with Crippen LogP contribution in [0.4, 0.5) is 4.79 Å². The largest absolute Gasteiger partial charge is 0.457 e. The maximum atomic E-state index is 12.0. The SMILES string of the molecule is O=C(CC1NC(=O)NC1=O)NCCc1ccc(-c2ccc(Oc3ccccc3)cc2)cc1. The van der Waals surface area contributed by atoms with E-state index >= 15 is 0 Å². The van der Waals surface area contributed by atoms with Gasteiger partial charge in [-0.3, -0.25) is 14.9 Å². The Morgan fingerprint density at radius 1 is 0.844 bits per heavy atom. The van der Waals surface area contributed by atoms with Crippen LogP contribution in [0.3, 0.4) is 0 Å². The minimum Gasteiger partial charge on any atom is -0.457 e. The second-order valence-corrected chi connectivity index (χ2v) is 7.46. The third kappa shape index (κ3) is 5.51. The second-order valence-electron chi connectivity index (χ2n) is 7.46. The zero-order chi connectivity index (χ0) is 22.3. The molecule has 32 heavy (non-hydrogen) atoms. The Kier molecular flexibility index (Phi) is 6.46. The van der Waals surface area contributed by atoms with Gasteiger partial charge in [-0.2, -0.15) is 0 Å². The van der Waals surface area contributed by atoms with Gasteiger partial charge in [0.2, 0.25) is 5.91 Å². The lowest BCUT2D eigenvalue weighted by atomic mass is 10.0. The van der Waals surface area contributed by atoms with E-state index in [-0.39, 0.29) is 12.3 Å². The van der Waals surface area contributed by atoms with Crippen LogP contribution in [-0.4, -0.2) is 30.4 Å². The molecule has 1 saturated heterocycles. The van der Waals surface area contributed by atoms with Crippen LogP contribution in [0.25, 0.3) is 11.1 Å². The molecule has 7 heteroatoms. The van der Waals surface area contributed by atoms with Crippen molar-refractivity contribution in [1.82, 2.24) is 16.0 Å². The predicted octanol–water partition coefficient (Wildman–Crippen LogP) is 3.40. The summed E-state index contributed by atoms with van der Waals surface area (Å²) in [5.74, 6) is 0.831. The molecule has 4 amide bonds. The molecule has 4 rings (SSSR count). The monoisotopic (exact) mass is 429 g/mol. The maximum Gasteiger partial charge on any atom is 0.322 e. The topological polar surface area (TPSA) is 96.5 Å². The van der Waals surface area contributed by atoms with E-state index in [4.69, 9.17) is 4.74 Å². The van der Waals surface area contributed by atoms with E-state index in [1.807, 2.05) is 78.9 Å². The maximum absolute atomic E-state index is 12.0.